The van der Waals surface area contributed by atoms with Crippen LogP contribution in [0.15, 0.2) is 6.20 Å². The SMILES string of the molecule is C#CC(C)NCc1ncc(Cl)n1C. The molecule has 3 nitrogen and oxygen atoms in total. The van der Waals surface area contributed by atoms with Crippen molar-refractivity contribution in [2.75, 3.05) is 0 Å². The second-order valence-corrected chi connectivity index (χ2v) is 3.21. The number of rotatable bonds is 3. The van der Waals surface area contributed by atoms with Gasteiger partial charge < -0.3 is 4.57 Å². The predicted octanol–water partition coefficient (Wildman–Crippen LogP) is 1.18. The Balaban J connectivity index is 2.56. The Hall–Kier alpha value is -0.980. The zero-order chi connectivity index (χ0) is 9.84. The highest BCUT2D eigenvalue weighted by molar-refractivity contribution is 6.29. The summed E-state index contributed by atoms with van der Waals surface area (Å²) in [5.74, 6) is 3.46. The maximum Gasteiger partial charge on any atom is 0.128 e. The van der Waals surface area contributed by atoms with Gasteiger partial charge in [0, 0.05) is 7.05 Å². The number of aromatic nitrogens is 2. The van der Waals surface area contributed by atoms with E-state index in [9.17, 15) is 0 Å². The van der Waals surface area contributed by atoms with Gasteiger partial charge in [-0.3, -0.25) is 5.32 Å². The molecular formula is C9H12ClN3. The molecule has 1 rings (SSSR count). The second-order valence-electron chi connectivity index (χ2n) is 2.83. The summed E-state index contributed by atoms with van der Waals surface area (Å²) in [6, 6.07) is 0.0514. The Kier molecular flexibility index (Phi) is 3.35. The second kappa shape index (κ2) is 4.31. The van der Waals surface area contributed by atoms with Crippen LogP contribution in [0.4, 0.5) is 0 Å². The van der Waals surface area contributed by atoms with Crippen LogP contribution in [0.5, 0.6) is 0 Å². The molecule has 0 aromatic carbocycles. The third-order valence-corrected chi connectivity index (χ3v) is 2.20. The molecule has 1 aromatic rings. The Morgan fingerprint density at radius 1 is 1.85 bits per heavy atom. The molecule has 0 aliphatic rings. The van der Waals surface area contributed by atoms with Crippen LogP contribution in [0, 0.1) is 12.3 Å². The molecule has 0 saturated carbocycles. The minimum atomic E-state index is 0.0514. The van der Waals surface area contributed by atoms with Crippen molar-refractivity contribution in [3.8, 4) is 12.3 Å². The molecule has 70 valence electrons. The number of terminal acetylenes is 1. The maximum absolute atomic E-state index is 5.81. The molecule has 0 saturated heterocycles. The van der Waals surface area contributed by atoms with Crippen molar-refractivity contribution in [3.05, 3.63) is 17.2 Å². The van der Waals surface area contributed by atoms with Gasteiger partial charge in [0.1, 0.15) is 11.0 Å². The lowest BCUT2D eigenvalue weighted by atomic mass is 10.3. The zero-order valence-electron chi connectivity index (χ0n) is 7.71. The summed E-state index contributed by atoms with van der Waals surface area (Å²) < 4.78 is 1.82. The minimum Gasteiger partial charge on any atom is -0.321 e. The van der Waals surface area contributed by atoms with Gasteiger partial charge >= 0.3 is 0 Å². The van der Waals surface area contributed by atoms with Crippen LogP contribution in [0.2, 0.25) is 5.15 Å². The van der Waals surface area contributed by atoms with Crippen LogP contribution < -0.4 is 5.32 Å². The van der Waals surface area contributed by atoms with E-state index in [2.05, 4.69) is 16.2 Å². The van der Waals surface area contributed by atoms with E-state index in [0.717, 1.165) is 5.82 Å². The maximum atomic E-state index is 5.81. The van der Waals surface area contributed by atoms with Crippen molar-refractivity contribution in [2.24, 2.45) is 7.05 Å². The number of hydrogen-bond donors (Lipinski definition) is 1. The fraction of sp³-hybridized carbons (Fsp3) is 0.444. The van der Waals surface area contributed by atoms with Gasteiger partial charge in [0.25, 0.3) is 0 Å². The lowest BCUT2D eigenvalue weighted by Crippen LogP contribution is -2.25. The van der Waals surface area contributed by atoms with Crippen LogP contribution in [-0.2, 0) is 13.6 Å². The predicted molar refractivity (Wildman–Crippen MR) is 53.4 cm³/mol. The van der Waals surface area contributed by atoms with Crippen molar-refractivity contribution in [1.29, 1.82) is 0 Å². The van der Waals surface area contributed by atoms with Crippen LogP contribution in [-0.4, -0.2) is 15.6 Å². The quantitative estimate of drug-likeness (QED) is 0.738. The first-order valence-corrected chi connectivity index (χ1v) is 4.38. The van der Waals surface area contributed by atoms with Gasteiger partial charge in [0.15, 0.2) is 0 Å². The molecule has 1 atom stereocenters. The Labute approximate surface area is 83.1 Å². The minimum absolute atomic E-state index is 0.0514. The smallest absolute Gasteiger partial charge is 0.128 e. The van der Waals surface area contributed by atoms with Gasteiger partial charge in [0.05, 0.1) is 18.8 Å². The van der Waals surface area contributed by atoms with E-state index in [0.29, 0.717) is 11.7 Å². The molecule has 0 aliphatic heterocycles. The summed E-state index contributed by atoms with van der Waals surface area (Å²) in [5.41, 5.74) is 0. The van der Waals surface area contributed by atoms with Crippen LogP contribution in [0.3, 0.4) is 0 Å². The first-order valence-electron chi connectivity index (χ1n) is 4.00. The van der Waals surface area contributed by atoms with Gasteiger partial charge in [-0.15, -0.1) is 6.42 Å². The summed E-state index contributed by atoms with van der Waals surface area (Å²) in [5, 5.41) is 3.75. The van der Waals surface area contributed by atoms with Crippen molar-refractivity contribution in [3.63, 3.8) is 0 Å². The highest BCUT2D eigenvalue weighted by atomic mass is 35.5. The van der Waals surface area contributed by atoms with E-state index < -0.39 is 0 Å². The van der Waals surface area contributed by atoms with Gasteiger partial charge in [-0.25, -0.2) is 4.98 Å². The average molecular weight is 198 g/mol. The van der Waals surface area contributed by atoms with Crippen molar-refractivity contribution in [2.45, 2.75) is 19.5 Å². The molecule has 1 unspecified atom stereocenters. The molecule has 0 aliphatic carbocycles. The highest BCUT2D eigenvalue weighted by Gasteiger charge is 2.04. The van der Waals surface area contributed by atoms with E-state index >= 15 is 0 Å². The van der Waals surface area contributed by atoms with E-state index in [-0.39, 0.29) is 6.04 Å². The molecule has 0 amide bonds. The summed E-state index contributed by atoms with van der Waals surface area (Å²) in [4.78, 5) is 4.12. The van der Waals surface area contributed by atoms with Crippen molar-refractivity contribution in [1.82, 2.24) is 14.9 Å². The van der Waals surface area contributed by atoms with E-state index in [1.54, 1.807) is 6.20 Å². The molecule has 0 fully saturated rings. The number of hydrogen-bond acceptors (Lipinski definition) is 2. The normalized spacial score (nSPS) is 12.5. The Morgan fingerprint density at radius 3 is 3.00 bits per heavy atom. The number of imidazole rings is 1. The fourth-order valence-electron chi connectivity index (χ4n) is 0.892. The van der Waals surface area contributed by atoms with Crippen molar-refractivity contribution < 1.29 is 0 Å². The topological polar surface area (TPSA) is 29.9 Å². The Bertz CT molecular complexity index is 324. The summed E-state index contributed by atoms with van der Waals surface area (Å²) in [7, 11) is 1.87. The molecule has 0 radical (unpaired) electrons. The van der Waals surface area contributed by atoms with E-state index in [4.69, 9.17) is 18.0 Å². The number of halogens is 1. The van der Waals surface area contributed by atoms with E-state index in [1.165, 1.54) is 0 Å². The monoisotopic (exact) mass is 197 g/mol. The Morgan fingerprint density at radius 2 is 2.54 bits per heavy atom. The standard InChI is InChI=1S/C9H12ClN3/c1-4-7(2)11-6-9-12-5-8(10)13(9)3/h1,5,7,11H,6H2,2-3H3. The third kappa shape index (κ3) is 2.48. The fourth-order valence-corrected chi connectivity index (χ4v) is 1.04. The highest BCUT2D eigenvalue weighted by Crippen LogP contribution is 2.08. The molecule has 1 N–H and O–H groups in total. The van der Waals surface area contributed by atoms with Crippen LogP contribution >= 0.6 is 11.6 Å². The van der Waals surface area contributed by atoms with Crippen LogP contribution in [0.25, 0.3) is 0 Å². The lowest BCUT2D eigenvalue weighted by molar-refractivity contribution is 0.607. The summed E-state index contributed by atoms with van der Waals surface area (Å²) in [6.45, 7) is 2.55. The summed E-state index contributed by atoms with van der Waals surface area (Å²) >= 11 is 5.81. The zero-order valence-corrected chi connectivity index (χ0v) is 8.47. The van der Waals surface area contributed by atoms with Gasteiger partial charge in [0.2, 0.25) is 0 Å². The third-order valence-electron chi connectivity index (χ3n) is 1.84. The van der Waals surface area contributed by atoms with Crippen LogP contribution in [0.1, 0.15) is 12.7 Å². The molecule has 4 heteroatoms. The number of nitrogens with zero attached hydrogens (tertiary/aromatic N) is 2. The largest absolute Gasteiger partial charge is 0.321 e. The van der Waals surface area contributed by atoms with E-state index in [1.807, 2.05) is 18.5 Å². The number of nitrogens with one attached hydrogen (secondary N) is 1. The average Bonchev–Trinajstić information content (AvgIpc) is 2.44. The van der Waals surface area contributed by atoms with Crippen molar-refractivity contribution >= 4 is 11.6 Å². The molecule has 0 bridgehead atoms. The molecule has 13 heavy (non-hydrogen) atoms. The van der Waals surface area contributed by atoms with Gasteiger partial charge in [-0.1, -0.05) is 17.5 Å². The van der Waals surface area contributed by atoms with Gasteiger partial charge in [-0.2, -0.15) is 0 Å². The lowest BCUT2D eigenvalue weighted by Gasteiger charge is -2.07. The van der Waals surface area contributed by atoms with Gasteiger partial charge in [-0.05, 0) is 6.92 Å². The summed E-state index contributed by atoms with van der Waals surface area (Å²) in [6.07, 6.45) is 6.84. The molecule has 1 heterocycles. The first-order chi connectivity index (χ1) is 6.15. The first kappa shape index (κ1) is 10.1. The molecular weight excluding hydrogens is 186 g/mol. The molecule has 1 aromatic heterocycles. The molecule has 0 spiro atoms.